The van der Waals surface area contributed by atoms with E-state index in [9.17, 15) is 0 Å². The molecule has 1 heterocycles. The topological polar surface area (TPSA) is 21.3 Å². The van der Waals surface area contributed by atoms with Gasteiger partial charge in [-0.3, -0.25) is 0 Å². The van der Waals surface area contributed by atoms with Crippen LogP contribution in [0.4, 0.5) is 0 Å². The van der Waals surface area contributed by atoms with Crippen molar-refractivity contribution in [3.63, 3.8) is 0 Å². The molecule has 0 aromatic rings. The van der Waals surface area contributed by atoms with Gasteiger partial charge in [-0.2, -0.15) is 0 Å². The Morgan fingerprint density at radius 3 is 2.54 bits per heavy atom. The zero-order chi connectivity index (χ0) is 8.73. The number of ether oxygens (including phenoxy) is 1. The Morgan fingerprint density at radius 1 is 1.15 bits per heavy atom. The minimum absolute atomic E-state index is 0.281. The van der Waals surface area contributed by atoms with Crippen LogP contribution in [0.1, 0.15) is 38.5 Å². The summed E-state index contributed by atoms with van der Waals surface area (Å²) in [5.41, 5.74) is 0.281. The van der Waals surface area contributed by atoms with Crippen LogP contribution in [0.2, 0.25) is 0 Å². The maximum Gasteiger partial charge on any atom is 0.0838 e. The third-order valence-electron chi connectivity index (χ3n) is 4.24. The first-order valence-electron chi connectivity index (χ1n) is 5.78. The summed E-state index contributed by atoms with van der Waals surface area (Å²) in [5, 5.41) is 3.69. The van der Waals surface area contributed by atoms with E-state index in [1.54, 1.807) is 0 Å². The lowest BCUT2D eigenvalue weighted by atomic mass is 9.65. The monoisotopic (exact) mass is 181 g/mol. The maximum atomic E-state index is 6.01. The molecule has 2 saturated carbocycles. The molecule has 1 unspecified atom stereocenters. The summed E-state index contributed by atoms with van der Waals surface area (Å²) in [4.78, 5) is 0. The summed E-state index contributed by atoms with van der Waals surface area (Å²) in [7, 11) is 0. The number of hydrogen-bond acceptors (Lipinski definition) is 2. The summed E-state index contributed by atoms with van der Waals surface area (Å²) in [6, 6.07) is 0.698. The molecule has 1 atom stereocenters. The summed E-state index contributed by atoms with van der Waals surface area (Å²) in [6.07, 6.45) is 8.30. The van der Waals surface area contributed by atoms with Crippen LogP contribution in [0.3, 0.4) is 0 Å². The van der Waals surface area contributed by atoms with Gasteiger partial charge in [-0.25, -0.2) is 0 Å². The molecular formula is C11H19NO. The second-order valence-corrected chi connectivity index (χ2v) is 4.89. The minimum atomic E-state index is 0.281. The van der Waals surface area contributed by atoms with E-state index in [0.717, 1.165) is 19.1 Å². The third-order valence-corrected chi connectivity index (χ3v) is 4.24. The number of nitrogens with one attached hydrogen (secondary N) is 1. The van der Waals surface area contributed by atoms with Crippen molar-refractivity contribution in [2.45, 2.75) is 50.2 Å². The molecule has 3 aliphatic rings. The van der Waals surface area contributed by atoms with E-state index in [0.29, 0.717) is 6.04 Å². The summed E-state index contributed by atoms with van der Waals surface area (Å²) in [6.45, 7) is 2.01. The molecule has 0 amide bonds. The van der Waals surface area contributed by atoms with Crippen LogP contribution in [-0.4, -0.2) is 24.8 Å². The van der Waals surface area contributed by atoms with Crippen LogP contribution in [0, 0.1) is 5.92 Å². The van der Waals surface area contributed by atoms with E-state index in [4.69, 9.17) is 4.74 Å². The molecule has 1 aliphatic heterocycles. The third kappa shape index (κ3) is 1.15. The van der Waals surface area contributed by atoms with Gasteiger partial charge in [0.2, 0.25) is 0 Å². The van der Waals surface area contributed by atoms with Gasteiger partial charge in [-0.15, -0.1) is 0 Å². The van der Waals surface area contributed by atoms with E-state index in [2.05, 4.69) is 5.32 Å². The fourth-order valence-electron chi connectivity index (χ4n) is 3.09. The predicted octanol–water partition coefficient (Wildman–Crippen LogP) is 1.70. The van der Waals surface area contributed by atoms with Crippen LogP contribution in [0.5, 0.6) is 0 Å². The molecule has 1 spiro atoms. The molecule has 0 aromatic carbocycles. The zero-order valence-corrected chi connectivity index (χ0v) is 8.22. The molecule has 2 aliphatic carbocycles. The fraction of sp³-hybridized carbons (Fsp3) is 1.00. The Bertz CT molecular complexity index is 196. The molecule has 2 heteroatoms. The quantitative estimate of drug-likeness (QED) is 0.665. The van der Waals surface area contributed by atoms with Crippen molar-refractivity contribution in [1.29, 1.82) is 0 Å². The second-order valence-electron chi connectivity index (χ2n) is 4.89. The van der Waals surface area contributed by atoms with Crippen LogP contribution < -0.4 is 5.32 Å². The Labute approximate surface area is 80.0 Å². The van der Waals surface area contributed by atoms with Gasteiger partial charge in [0.05, 0.1) is 12.2 Å². The highest BCUT2D eigenvalue weighted by Crippen LogP contribution is 2.46. The van der Waals surface area contributed by atoms with Gasteiger partial charge in [0.15, 0.2) is 0 Å². The standard InChI is InChI=1S/C11H19NO/c1-3-9(4-1)10-11(5-2-6-11)13-8-7-12-10/h9-10,12H,1-8H2. The molecule has 3 rings (SSSR count). The van der Waals surface area contributed by atoms with Crippen molar-refractivity contribution in [2.75, 3.05) is 13.2 Å². The molecule has 0 aromatic heterocycles. The van der Waals surface area contributed by atoms with Gasteiger partial charge in [0.25, 0.3) is 0 Å². The molecule has 2 nitrogen and oxygen atoms in total. The Hall–Kier alpha value is -0.0800. The van der Waals surface area contributed by atoms with Crippen molar-refractivity contribution < 1.29 is 4.74 Å². The predicted molar refractivity (Wildman–Crippen MR) is 51.7 cm³/mol. The Kier molecular flexibility index (Phi) is 1.88. The molecule has 0 bridgehead atoms. The Balaban J connectivity index is 1.73. The average molecular weight is 181 g/mol. The lowest BCUT2D eigenvalue weighted by molar-refractivity contribution is -0.162. The van der Waals surface area contributed by atoms with Crippen molar-refractivity contribution >= 4 is 0 Å². The summed E-state index contributed by atoms with van der Waals surface area (Å²) < 4.78 is 6.01. The van der Waals surface area contributed by atoms with E-state index >= 15 is 0 Å². The van der Waals surface area contributed by atoms with Crippen molar-refractivity contribution in [3.8, 4) is 0 Å². The first kappa shape index (κ1) is 8.25. The van der Waals surface area contributed by atoms with Crippen molar-refractivity contribution in [3.05, 3.63) is 0 Å². The molecule has 1 N–H and O–H groups in total. The van der Waals surface area contributed by atoms with Gasteiger partial charge >= 0.3 is 0 Å². The van der Waals surface area contributed by atoms with Crippen LogP contribution in [0.25, 0.3) is 0 Å². The van der Waals surface area contributed by atoms with Crippen LogP contribution in [-0.2, 0) is 4.74 Å². The van der Waals surface area contributed by atoms with Gasteiger partial charge in [0, 0.05) is 12.6 Å². The second kappa shape index (κ2) is 2.96. The Morgan fingerprint density at radius 2 is 2.00 bits per heavy atom. The molecule has 74 valence electrons. The molecule has 13 heavy (non-hydrogen) atoms. The van der Waals surface area contributed by atoms with E-state index < -0.39 is 0 Å². The lowest BCUT2D eigenvalue weighted by Gasteiger charge is -2.54. The van der Waals surface area contributed by atoms with Crippen LogP contribution in [0.15, 0.2) is 0 Å². The summed E-state index contributed by atoms with van der Waals surface area (Å²) >= 11 is 0. The minimum Gasteiger partial charge on any atom is -0.372 e. The van der Waals surface area contributed by atoms with Gasteiger partial charge in [0.1, 0.15) is 0 Å². The first-order valence-corrected chi connectivity index (χ1v) is 5.78. The highest BCUT2D eigenvalue weighted by Gasteiger charge is 2.50. The molecule has 1 saturated heterocycles. The highest BCUT2D eigenvalue weighted by molar-refractivity contribution is 5.05. The van der Waals surface area contributed by atoms with Gasteiger partial charge in [-0.1, -0.05) is 6.42 Å². The molecule has 3 fully saturated rings. The van der Waals surface area contributed by atoms with Gasteiger partial charge < -0.3 is 10.1 Å². The SMILES string of the molecule is C1CC(C2NCCOC23CCC3)C1. The highest BCUT2D eigenvalue weighted by atomic mass is 16.5. The van der Waals surface area contributed by atoms with E-state index in [-0.39, 0.29) is 5.60 Å². The number of morpholine rings is 1. The van der Waals surface area contributed by atoms with E-state index in [1.807, 2.05) is 0 Å². The molecule has 0 radical (unpaired) electrons. The van der Waals surface area contributed by atoms with E-state index in [1.165, 1.54) is 38.5 Å². The smallest absolute Gasteiger partial charge is 0.0838 e. The fourth-order valence-corrected chi connectivity index (χ4v) is 3.09. The normalized spacial score (nSPS) is 38.3. The number of rotatable bonds is 1. The maximum absolute atomic E-state index is 6.01. The zero-order valence-electron chi connectivity index (χ0n) is 8.22. The number of hydrogen-bond donors (Lipinski definition) is 1. The van der Waals surface area contributed by atoms with Crippen LogP contribution >= 0.6 is 0 Å². The molecular weight excluding hydrogens is 162 g/mol. The average Bonchev–Trinajstić information content (AvgIpc) is 1.99. The van der Waals surface area contributed by atoms with Gasteiger partial charge in [-0.05, 0) is 38.0 Å². The largest absolute Gasteiger partial charge is 0.372 e. The lowest BCUT2D eigenvalue weighted by Crippen LogP contribution is -2.65. The van der Waals surface area contributed by atoms with Crippen molar-refractivity contribution in [2.24, 2.45) is 5.92 Å². The van der Waals surface area contributed by atoms with Crippen molar-refractivity contribution in [1.82, 2.24) is 5.32 Å². The first-order chi connectivity index (χ1) is 6.41. The summed E-state index contributed by atoms with van der Waals surface area (Å²) in [5.74, 6) is 0.931.